The first-order valence-electron chi connectivity index (χ1n) is 5.81. The second-order valence-corrected chi connectivity index (χ2v) is 4.31. The van der Waals surface area contributed by atoms with Gasteiger partial charge < -0.3 is 11.1 Å². The van der Waals surface area contributed by atoms with Gasteiger partial charge in [0, 0.05) is 23.5 Å². The largest absolute Gasteiger partial charge is 0.398 e. The molecular weight excluding hydrogens is 229 g/mol. The number of nitrogen functional groups attached to an aromatic ring is 1. The molecule has 1 unspecified atom stereocenters. The van der Waals surface area contributed by atoms with Crippen LogP contribution in [0.2, 0.25) is 0 Å². The molecule has 0 aliphatic carbocycles. The maximum atomic E-state index is 13.6. The van der Waals surface area contributed by atoms with E-state index in [9.17, 15) is 4.39 Å². The molecule has 0 aliphatic rings. The molecule has 1 heterocycles. The molecule has 0 spiro atoms. The molecule has 0 amide bonds. The van der Waals surface area contributed by atoms with Crippen LogP contribution in [0.15, 0.2) is 36.5 Å². The zero-order valence-electron chi connectivity index (χ0n) is 10.4. The van der Waals surface area contributed by atoms with Crippen molar-refractivity contribution in [1.82, 2.24) is 4.98 Å². The van der Waals surface area contributed by atoms with Gasteiger partial charge in [-0.3, -0.25) is 0 Å². The lowest BCUT2D eigenvalue weighted by Gasteiger charge is -2.16. The molecule has 94 valence electrons. The van der Waals surface area contributed by atoms with Gasteiger partial charge in [-0.2, -0.15) is 0 Å². The van der Waals surface area contributed by atoms with Crippen molar-refractivity contribution < 1.29 is 4.39 Å². The molecule has 0 saturated heterocycles. The molecular formula is C14H16FN3. The first kappa shape index (κ1) is 12.4. The van der Waals surface area contributed by atoms with Crippen molar-refractivity contribution in [3.63, 3.8) is 0 Å². The van der Waals surface area contributed by atoms with Crippen molar-refractivity contribution in [1.29, 1.82) is 0 Å². The fraction of sp³-hybridized carbons (Fsp3) is 0.214. The van der Waals surface area contributed by atoms with Crippen molar-refractivity contribution in [2.45, 2.75) is 19.9 Å². The molecule has 0 radical (unpaired) electrons. The van der Waals surface area contributed by atoms with Crippen LogP contribution in [0, 0.1) is 12.7 Å². The summed E-state index contributed by atoms with van der Waals surface area (Å²) in [5.74, 6) is 0.423. The number of anilines is 2. The monoisotopic (exact) mass is 245 g/mol. The highest BCUT2D eigenvalue weighted by Crippen LogP contribution is 2.22. The number of hydrogen-bond donors (Lipinski definition) is 2. The summed E-state index contributed by atoms with van der Waals surface area (Å²) in [5, 5.41) is 3.14. The van der Waals surface area contributed by atoms with E-state index < -0.39 is 0 Å². The highest BCUT2D eigenvalue weighted by Gasteiger charge is 2.10. The zero-order chi connectivity index (χ0) is 13.1. The fourth-order valence-electron chi connectivity index (χ4n) is 1.74. The lowest BCUT2D eigenvalue weighted by Crippen LogP contribution is -2.10. The summed E-state index contributed by atoms with van der Waals surface area (Å²) in [4.78, 5) is 4.22. The van der Waals surface area contributed by atoms with E-state index in [1.54, 1.807) is 24.4 Å². The Morgan fingerprint density at radius 2 is 2.06 bits per heavy atom. The highest BCUT2D eigenvalue weighted by molar-refractivity contribution is 5.54. The van der Waals surface area contributed by atoms with E-state index in [0.29, 0.717) is 17.1 Å². The van der Waals surface area contributed by atoms with E-state index in [1.807, 2.05) is 19.9 Å². The van der Waals surface area contributed by atoms with Crippen LogP contribution in [0.3, 0.4) is 0 Å². The standard InChI is InChI=1S/C14H16FN3/c1-9-8-17-14(7-13(9)16)18-10(2)11-5-3-4-6-12(11)15/h3-8,10H,1-2H3,(H3,16,17,18). The molecule has 0 aliphatic heterocycles. The van der Waals surface area contributed by atoms with Crippen LogP contribution in [-0.2, 0) is 0 Å². The van der Waals surface area contributed by atoms with Crippen LogP contribution in [0.25, 0.3) is 0 Å². The third-order valence-corrected chi connectivity index (χ3v) is 2.88. The number of hydrogen-bond acceptors (Lipinski definition) is 3. The molecule has 0 bridgehead atoms. The van der Waals surface area contributed by atoms with Crippen LogP contribution >= 0.6 is 0 Å². The number of benzene rings is 1. The topological polar surface area (TPSA) is 50.9 Å². The van der Waals surface area contributed by atoms with E-state index in [0.717, 1.165) is 5.56 Å². The molecule has 4 heteroatoms. The Labute approximate surface area is 106 Å². The number of aryl methyl sites for hydroxylation is 1. The normalized spacial score (nSPS) is 12.2. The number of nitrogens with one attached hydrogen (secondary N) is 1. The van der Waals surface area contributed by atoms with Gasteiger partial charge in [0.05, 0.1) is 6.04 Å². The van der Waals surface area contributed by atoms with Crippen LogP contribution in [0.5, 0.6) is 0 Å². The van der Waals surface area contributed by atoms with Crippen LogP contribution in [0.1, 0.15) is 24.1 Å². The van der Waals surface area contributed by atoms with Gasteiger partial charge in [0.1, 0.15) is 11.6 Å². The fourth-order valence-corrected chi connectivity index (χ4v) is 1.74. The SMILES string of the molecule is Cc1cnc(NC(C)c2ccccc2F)cc1N. The Morgan fingerprint density at radius 1 is 1.33 bits per heavy atom. The average Bonchev–Trinajstić information content (AvgIpc) is 2.34. The number of aromatic nitrogens is 1. The first-order valence-corrected chi connectivity index (χ1v) is 5.81. The van der Waals surface area contributed by atoms with Crippen molar-refractivity contribution in [3.8, 4) is 0 Å². The molecule has 18 heavy (non-hydrogen) atoms. The van der Waals surface area contributed by atoms with E-state index in [1.165, 1.54) is 6.07 Å². The second kappa shape index (κ2) is 5.04. The van der Waals surface area contributed by atoms with E-state index in [-0.39, 0.29) is 11.9 Å². The van der Waals surface area contributed by atoms with Crippen LogP contribution in [0.4, 0.5) is 15.9 Å². The molecule has 1 aromatic heterocycles. The molecule has 1 aromatic carbocycles. The summed E-state index contributed by atoms with van der Waals surface area (Å²) in [7, 11) is 0. The number of nitrogens with two attached hydrogens (primary N) is 1. The Kier molecular flexibility index (Phi) is 3.46. The van der Waals surface area contributed by atoms with Crippen molar-refractivity contribution in [2.24, 2.45) is 0 Å². The summed E-state index contributed by atoms with van der Waals surface area (Å²) in [6, 6.07) is 8.28. The molecule has 2 aromatic rings. The molecule has 3 nitrogen and oxygen atoms in total. The van der Waals surface area contributed by atoms with Gasteiger partial charge in [0.15, 0.2) is 0 Å². The minimum absolute atomic E-state index is 0.166. The van der Waals surface area contributed by atoms with Crippen LogP contribution < -0.4 is 11.1 Å². The Bertz CT molecular complexity index is 554. The van der Waals surface area contributed by atoms with E-state index in [4.69, 9.17) is 5.73 Å². The maximum absolute atomic E-state index is 13.6. The van der Waals surface area contributed by atoms with Crippen molar-refractivity contribution in [3.05, 3.63) is 53.5 Å². The number of rotatable bonds is 3. The Hall–Kier alpha value is -2.10. The highest BCUT2D eigenvalue weighted by atomic mass is 19.1. The summed E-state index contributed by atoms with van der Waals surface area (Å²) in [6.45, 7) is 3.78. The van der Waals surface area contributed by atoms with Gasteiger partial charge in [-0.15, -0.1) is 0 Å². The first-order chi connectivity index (χ1) is 8.58. The summed E-state index contributed by atoms with van der Waals surface area (Å²) >= 11 is 0. The van der Waals surface area contributed by atoms with Gasteiger partial charge in [-0.1, -0.05) is 18.2 Å². The molecule has 2 rings (SSSR count). The van der Waals surface area contributed by atoms with Gasteiger partial charge in [-0.05, 0) is 25.5 Å². The van der Waals surface area contributed by atoms with E-state index >= 15 is 0 Å². The maximum Gasteiger partial charge on any atom is 0.128 e. The summed E-state index contributed by atoms with van der Waals surface area (Å²) < 4.78 is 13.6. The molecule has 1 atom stereocenters. The van der Waals surface area contributed by atoms with Gasteiger partial charge in [-0.25, -0.2) is 9.37 Å². The Balaban J connectivity index is 2.19. The summed E-state index contributed by atoms with van der Waals surface area (Å²) in [6.07, 6.45) is 1.70. The lowest BCUT2D eigenvalue weighted by molar-refractivity contribution is 0.600. The van der Waals surface area contributed by atoms with Gasteiger partial charge >= 0.3 is 0 Å². The van der Waals surface area contributed by atoms with Crippen molar-refractivity contribution in [2.75, 3.05) is 11.1 Å². The predicted octanol–water partition coefficient (Wildman–Crippen LogP) is 3.28. The van der Waals surface area contributed by atoms with Crippen LogP contribution in [-0.4, -0.2) is 4.98 Å². The predicted molar refractivity (Wildman–Crippen MR) is 71.8 cm³/mol. The van der Waals surface area contributed by atoms with Crippen molar-refractivity contribution >= 4 is 11.5 Å². The molecule has 0 saturated carbocycles. The van der Waals surface area contributed by atoms with Gasteiger partial charge in [0.2, 0.25) is 0 Å². The minimum atomic E-state index is -0.224. The van der Waals surface area contributed by atoms with E-state index in [2.05, 4.69) is 10.3 Å². The average molecular weight is 245 g/mol. The third-order valence-electron chi connectivity index (χ3n) is 2.88. The zero-order valence-corrected chi connectivity index (χ0v) is 10.4. The Morgan fingerprint density at radius 3 is 2.72 bits per heavy atom. The number of halogens is 1. The molecule has 3 N–H and O–H groups in total. The summed E-state index contributed by atoms with van der Waals surface area (Å²) in [5.41, 5.74) is 8.02. The number of pyridine rings is 1. The third kappa shape index (κ3) is 2.59. The number of nitrogens with zero attached hydrogens (tertiary/aromatic N) is 1. The molecule has 0 fully saturated rings. The van der Waals surface area contributed by atoms with Gasteiger partial charge in [0.25, 0.3) is 0 Å². The smallest absolute Gasteiger partial charge is 0.128 e. The lowest BCUT2D eigenvalue weighted by atomic mass is 10.1. The second-order valence-electron chi connectivity index (χ2n) is 4.31. The quantitative estimate of drug-likeness (QED) is 0.872. The minimum Gasteiger partial charge on any atom is -0.398 e.